The van der Waals surface area contributed by atoms with Gasteiger partial charge in [0.1, 0.15) is 25.4 Å². The molecule has 5 unspecified atom stereocenters. The van der Waals surface area contributed by atoms with Crippen LogP contribution >= 0.6 is 15.6 Å². The van der Waals surface area contributed by atoms with E-state index in [9.17, 15) is 43.5 Å². The Morgan fingerprint density at radius 2 is 0.505 bits per heavy atom. The highest BCUT2D eigenvalue weighted by Crippen LogP contribution is 2.45. The van der Waals surface area contributed by atoms with Gasteiger partial charge in [0.05, 0.1) is 26.4 Å². The minimum Gasteiger partial charge on any atom is -0.463 e. The predicted molar refractivity (Wildman–Crippen MR) is 436 cm³/mol. The molecule has 0 aliphatic heterocycles. The molecular weight excluding hydrogens is 1360 g/mol. The topological polar surface area (TPSA) is 231 Å². The summed E-state index contributed by atoms with van der Waals surface area (Å²) >= 11 is 0. The number of phosphoric acid groups is 2. The van der Waals surface area contributed by atoms with Crippen LogP contribution in [-0.2, 0) is 55.8 Å². The van der Waals surface area contributed by atoms with Crippen molar-refractivity contribution in [3.05, 3.63) is 122 Å². The van der Waals surface area contributed by atoms with E-state index in [4.69, 9.17) is 32.3 Å². The van der Waals surface area contributed by atoms with Crippen molar-refractivity contribution in [2.75, 3.05) is 39.6 Å². The SMILES string of the molecule is CC/C=C\C/C=C\C/C=C\C/C=C\C/C=C\C/C=C\CCCCCCCCCCCCCCC(=O)OCC(O)COP(=O)(O)OCC(O)COP(=O)(O)OCC(COC(=O)CCCCCCCCCCC/C=C\C/C=C\C/C=C\C/C=C\CCCCC)OC(=O)CCCCCCCCCCCCCCC. The predicted octanol–water partition coefficient (Wildman–Crippen LogP) is 24.9. The van der Waals surface area contributed by atoms with E-state index < -0.39 is 91.5 Å². The Balaban J connectivity index is 4.47. The molecule has 0 heterocycles. The lowest BCUT2D eigenvalue weighted by Crippen LogP contribution is -2.30. The van der Waals surface area contributed by atoms with Gasteiger partial charge in [-0.3, -0.25) is 32.5 Å². The number of carbonyl (C=O) groups is 3. The van der Waals surface area contributed by atoms with E-state index in [1.54, 1.807) is 0 Å². The minimum absolute atomic E-state index is 0.106. The molecule has 4 N–H and O–H groups in total. The van der Waals surface area contributed by atoms with Crippen molar-refractivity contribution in [1.82, 2.24) is 0 Å². The van der Waals surface area contributed by atoms with Gasteiger partial charge in [0.15, 0.2) is 6.10 Å². The van der Waals surface area contributed by atoms with Crippen molar-refractivity contribution in [2.24, 2.45) is 0 Å². The molecule has 0 rings (SSSR count). The van der Waals surface area contributed by atoms with Crippen LogP contribution in [0.15, 0.2) is 122 Å². The average Bonchev–Trinajstić information content (AvgIpc) is 0.913. The van der Waals surface area contributed by atoms with E-state index in [2.05, 4.69) is 142 Å². The average molecular weight is 1520 g/mol. The van der Waals surface area contributed by atoms with Gasteiger partial charge in [0.2, 0.25) is 0 Å². The van der Waals surface area contributed by atoms with Gasteiger partial charge in [-0.15, -0.1) is 0 Å². The molecule has 0 saturated heterocycles. The van der Waals surface area contributed by atoms with Gasteiger partial charge in [-0.2, -0.15) is 0 Å². The van der Waals surface area contributed by atoms with Crippen molar-refractivity contribution < 1.29 is 75.8 Å². The van der Waals surface area contributed by atoms with E-state index in [0.717, 1.165) is 141 Å². The zero-order chi connectivity index (χ0) is 76.6. The number of carbonyl (C=O) groups excluding carboxylic acids is 3. The molecule has 0 fully saturated rings. The molecule has 0 spiro atoms. The fourth-order valence-corrected chi connectivity index (χ4v) is 12.9. The summed E-state index contributed by atoms with van der Waals surface area (Å²) in [6, 6.07) is 0. The first kappa shape index (κ1) is 101. The second-order valence-corrected chi connectivity index (χ2v) is 30.8. The second kappa shape index (κ2) is 79.5. The smallest absolute Gasteiger partial charge is 0.463 e. The highest BCUT2D eigenvalue weighted by atomic mass is 31.2. The maximum atomic E-state index is 13.0. The van der Waals surface area contributed by atoms with E-state index in [1.807, 2.05) is 0 Å². The van der Waals surface area contributed by atoms with Gasteiger partial charge in [-0.1, -0.05) is 341 Å². The van der Waals surface area contributed by atoms with E-state index in [1.165, 1.54) is 154 Å². The Morgan fingerprint density at radius 1 is 0.276 bits per heavy atom. The Hall–Kier alpha value is -4.05. The molecule has 5 atom stereocenters. The number of rotatable bonds is 79. The summed E-state index contributed by atoms with van der Waals surface area (Å²) in [6.07, 6.45) is 95.3. The second-order valence-electron chi connectivity index (χ2n) is 27.9. The third-order valence-corrected chi connectivity index (χ3v) is 19.6. The number of hydrogen-bond acceptors (Lipinski definition) is 14. The van der Waals surface area contributed by atoms with E-state index in [-0.39, 0.29) is 19.3 Å². The molecule has 606 valence electrons. The number of ether oxygens (including phenoxy) is 3. The molecule has 0 saturated carbocycles. The van der Waals surface area contributed by atoms with Crippen molar-refractivity contribution >= 4 is 33.6 Å². The first-order valence-electron chi connectivity index (χ1n) is 41.8. The molecule has 0 aromatic heterocycles. The molecular formula is C87H152O16P2. The monoisotopic (exact) mass is 1520 g/mol. The molecule has 16 nitrogen and oxygen atoms in total. The van der Waals surface area contributed by atoms with Crippen LogP contribution < -0.4 is 0 Å². The molecule has 0 bridgehead atoms. The highest BCUT2D eigenvalue weighted by Gasteiger charge is 2.29. The number of esters is 3. The van der Waals surface area contributed by atoms with Crippen LogP contribution in [0.2, 0.25) is 0 Å². The number of phosphoric ester groups is 2. The van der Waals surface area contributed by atoms with Gasteiger partial charge < -0.3 is 34.2 Å². The lowest BCUT2D eigenvalue weighted by Gasteiger charge is -2.21. The van der Waals surface area contributed by atoms with Crippen LogP contribution in [0.1, 0.15) is 355 Å². The summed E-state index contributed by atoms with van der Waals surface area (Å²) in [5.41, 5.74) is 0. The third kappa shape index (κ3) is 80.8. The summed E-state index contributed by atoms with van der Waals surface area (Å²) in [6.45, 7) is 2.57. The zero-order valence-corrected chi connectivity index (χ0v) is 68.2. The van der Waals surface area contributed by atoms with Crippen LogP contribution in [0.3, 0.4) is 0 Å². The van der Waals surface area contributed by atoms with Crippen molar-refractivity contribution in [2.45, 2.75) is 373 Å². The lowest BCUT2D eigenvalue weighted by atomic mass is 10.0. The number of aliphatic hydroxyl groups is 2. The van der Waals surface area contributed by atoms with E-state index in [0.29, 0.717) is 19.3 Å². The van der Waals surface area contributed by atoms with Gasteiger partial charge in [0.25, 0.3) is 0 Å². The molecule has 0 amide bonds. The maximum Gasteiger partial charge on any atom is 0.472 e. The van der Waals surface area contributed by atoms with Crippen molar-refractivity contribution in [3.8, 4) is 0 Å². The van der Waals surface area contributed by atoms with Gasteiger partial charge in [-0.05, 0) is 116 Å². The number of allylic oxidation sites excluding steroid dienone is 20. The summed E-state index contributed by atoms with van der Waals surface area (Å²) < 4.78 is 61.2. The zero-order valence-electron chi connectivity index (χ0n) is 66.4. The first-order valence-corrected chi connectivity index (χ1v) is 44.8. The number of hydrogen-bond donors (Lipinski definition) is 4. The summed E-state index contributed by atoms with van der Waals surface area (Å²) in [5, 5.41) is 20.7. The third-order valence-electron chi connectivity index (χ3n) is 17.7. The maximum absolute atomic E-state index is 13.0. The summed E-state index contributed by atoms with van der Waals surface area (Å²) in [7, 11) is -9.79. The normalized spacial score (nSPS) is 14.5. The van der Waals surface area contributed by atoms with Gasteiger partial charge >= 0.3 is 33.6 Å². The molecule has 18 heteroatoms. The Kier molecular flexibility index (Phi) is 76.4. The molecule has 0 aliphatic rings. The summed E-state index contributed by atoms with van der Waals surface area (Å²) in [4.78, 5) is 58.7. The Morgan fingerprint density at radius 3 is 0.819 bits per heavy atom. The number of unbranched alkanes of at least 4 members (excludes halogenated alkanes) is 36. The van der Waals surface area contributed by atoms with Crippen LogP contribution in [-0.4, -0.2) is 95.9 Å². The largest absolute Gasteiger partial charge is 0.472 e. The van der Waals surface area contributed by atoms with Gasteiger partial charge in [-0.25, -0.2) is 9.13 Å². The van der Waals surface area contributed by atoms with Crippen molar-refractivity contribution in [3.63, 3.8) is 0 Å². The van der Waals surface area contributed by atoms with E-state index >= 15 is 0 Å². The van der Waals surface area contributed by atoms with Crippen LogP contribution in [0.5, 0.6) is 0 Å². The minimum atomic E-state index is -4.93. The van der Waals surface area contributed by atoms with Gasteiger partial charge in [0, 0.05) is 19.3 Å². The molecule has 0 radical (unpaired) electrons. The van der Waals surface area contributed by atoms with Crippen molar-refractivity contribution in [1.29, 1.82) is 0 Å². The molecule has 0 aliphatic carbocycles. The summed E-state index contributed by atoms with van der Waals surface area (Å²) in [5.74, 6) is -1.57. The van der Waals surface area contributed by atoms with Crippen LogP contribution in [0.4, 0.5) is 0 Å². The molecule has 105 heavy (non-hydrogen) atoms. The standard InChI is InChI=1S/C87H152O16P2/c1-4-7-10-13-16-19-22-25-27-29-31-33-35-37-38-39-40-41-42-44-46-47-49-51-53-56-58-61-64-67-70-73-85(90)97-76-82(88)77-99-104(93,94)100-78-83(89)79-101-105(95,96)102-81-84(103-87(92)75-72-69-66-63-60-55-24-21-18-15-12-9-6-3)80-98-86(91)74-71-68-65-62-59-57-54-52-50-48-45-43-36-34-32-30-28-26-23-20-17-14-11-8-5-2/h7,10,16-17,19-20,25-28,31-34,37-38,40-41,43,45,82-84,88-89H,4-6,8-9,11-15,18,21-24,29-30,35-36,39,42,44,46-81H2,1-3H3,(H,93,94)(H,95,96)/b10-7-,19-16-,20-17-,27-25-,28-26-,33-31-,34-32-,38-37-,41-40-,45-43-. The number of aliphatic hydroxyl groups excluding tert-OH is 2. The first-order chi connectivity index (χ1) is 51.2. The molecule has 0 aromatic rings. The highest BCUT2D eigenvalue weighted by molar-refractivity contribution is 7.47. The van der Waals surface area contributed by atoms with Crippen LogP contribution in [0, 0.1) is 0 Å². The van der Waals surface area contributed by atoms with Crippen LogP contribution in [0.25, 0.3) is 0 Å². The fourth-order valence-electron chi connectivity index (χ4n) is 11.3. The quantitative estimate of drug-likeness (QED) is 0.0146. The fraction of sp³-hybridized carbons (Fsp3) is 0.736. The Labute approximate surface area is 640 Å². The lowest BCUT2D eigenvalue weighted by molar-refractivity contribution is -0.161. The molecule has 0 aromatic carbocycles. The Bertz CT molecular complexity index is 2390.